The van der Waals surface area contributed by atoms with E-state index in [1.54, 1.807) is 0 Å². The van der Waals surface area contributed by atoms with Gasteiger partial charge in [-0.2, -0.15) is 0 Å². The SMILES string of the molecule is CC/C=C\C/C=C\C/C=C\C/C=C\CCCCCCC(=O)OC(COC(=O)CCCCCCCCCCCCCCCCCCC)COC(=O)CCCCCCCCCCCCCCCCCCCCCCCCC. The van der Waals surface area contributed by atoms with Crippen LogP contribution in [0.1, 0.15) is 355 Å². The number of unbranched alkanes of at least 4 members (excludes halogenated alkanes) is 42. The summed E-state index contributed by atoms with van der Waals surface area (Å²) in [7, 11) is 0. The fourth-order valence-corrected chi connectivity index (χ4v) is 9.91. The summed E-state index contributed by atoms with van der Waals surface area (Å²) in [6.07, 6.45) is 79.8. The summed E-state index contributed by atoms with van der Waals surface area (Å²) >= 11 is 0. The number of hydrogen-bond acceptors (Lipinski definition) is 6. The topological polar surface area (TPSA) is 78.9 Å². The van der Waals surface area contributed by atoms with Crippen LogP contribution in [0.2, 0.25) is 0 Å². The van der Waals surface area contributed by atoms with Gasteiger partial charge < -0.3 is 14.2 Å². The molecule has 0 saturated heterocycles. The Kier molecular flexibility index (Phi) is 61.7. The molecular formula is C69H126O6. The van der Waals surface area contributed by atoms with Crippen molar-refractivity contribution in [2.75, 3.05) is 13.2 Å². The molecule has 0 aliphatic rings. The summed E-state index contributed by atoms with van der Waals surface area (Å²) in [5.74, 6) is -0.877. The molecule has 6 nitrogen and oxygen atoms in total. The maximum atomic E-state index is 12.9. The largest absolute Gasteiger partial charge is 0.462 e. The van der Waals surface area contributed by atoms with E-state index in [4.69, 9.17) is 14.2 Å². The van der Waals surface area contributed by atoms with E-state index in [-0.39, 0.29) is 31.1 Å². The van der Waals surface area contributed by atoms with Crippen LogP contribution in [-0.4, -0.2) is 37.2 Å². The predicted molar refractivity (Wildman–Crippen MR) is 325 cm³/mol. The van der Waals surface area contributed by atoms with Crippen molar-refractivity contribution in [3.63, 3.8) is 0 Å². The number of esters is 3. The highest BCUT2D eigenvalue weighted by Gasteiger charge is 2.19. The molecule has 0 N–H and O–H groups in total. The van der Waals surface area contributed by atoms with Gasteiger partial charge in [0.2, 0.25) is 0 Å². The van der Waals surface area contributed by atoms with Gasteiger partial charge in [-0.05, 0) is 57.8 Å². The lowest BCUT2D eigenvalue weighted by molar-refractivity contribution is -0.167. The number of hydrogen-bond donors (Lipinski definition) is 0. The van der Waals surface area contributed by atoms with Gasteiger partial charge in [0.15, 0.2) is 6.10 Å². The van der Waals surface area contributed by atoms with Crippen molar-refractivity contribution in [1.82, 2.24) is 0 Å². The number of carbonyl (C=O) groups is 3. The van der Waals surface area contributed by atoms with E-state index in [0.29, 0.717) is 19.3 Å². The van der Waals surface area contributed by atoms with Crippen LogP contribution in [0.4, 0.5) is 0 Å². The molecule has 1 atom stereocenters. The molecule has 6 heteroatoms. The van der Waals surface area contributed by atoms with Crippen molar-refractivity contribution in [3.05, 3.63) is 48.6 Å². The quantitative estimate of drug-likeness (QED) is 0.0261. The van der Waals surface area contributed by atoms with Gasteiger partial charge in [-0.15, -0.1) is 0 Å². The predicted octanol–water partition coefficient (Wildman–Crippen LogP) is 22.6. The first-order valence-electron chi connectivity index (χ1n) is 33.1. The second-order valence-corrected chi connectivity index (χ2v) is 22.4. The second-order valence-electron chi connectivity index (χ2n) is 22.4. The zero-order valence-corrected chi connectivity index (χ0v) is 50.3. The first kappa shape index (κ1) is 72.4. The molecule has 1 unspecified atom stereocenters. The fraction of sp³-hybridized carbons (Fsp3) is 0.841. The monoisotopic (exact) mass is 1050 g/mol. The summed E-state index contributed by atoms with van der Waals surface area (Å²) in [6.45, 7) is 6.58. The third-order valence-electron chi connectivity index (χ3n) is 14.8. The standard InChI is InChI=1S/C69H126O6/c1-4-7-10-13-16-19-22-25-28-31-32-33-34-35-36-39-41-44-47-50-53-56-59-62-68(71)74-65-66(75-69(72)63-60-57-54-51-48-45-42-38-30-27-24-21-18-15-12-9-6-3)64-73-67(70)61-58-55-52-49-46-43-40-37-29-26-23-20-17-14-11-8-5-2/h9,12,18,21,27,30,42,45,66H,4-8,10-11,13-17,19-20,22-26,28-29,31-41,43-44,46-65H2,1-3H3/b12-9-,21-18-,30-27-,45-42-. The molecule has 0 saturated carbocycles. The van der Waals surface area contributed by atoms with Gasteiger partial charge in [-0.3, -0.25) is 14.4 Å². The van der Waals surface area contributed by atoms with E-state index in [2.05, 4.69) is 69.4 Å². The Labute approximate surface area is 467 Å². The first-order valence-corrected chi connectivity index (χ1v) is 33.1. The van der Waals surface area contributed by atoms with Gasteiger partial charge in [-0.25, -0.2) is 0 Å². The van der Waals surface area contributed by atoms with Crippen LogP contribution in [-0.2, 0) is 28.6 Å². The Bertz CT molecular complexity index is 1300. The number of carbonyl (C=O) groups excluding carboxylic acids is 3. The van der Waals surface area contributed by atoms with E-state index in [1.165, 1.54) is 218 Å². The summed E-state index contributed by atoms with van der Waals surface area (Å²) < 4.78 is 16.9. The highest BCUT2D eigenvalue weighted by Crippen LogP contribution is 2.18. The average Bonchev–Trinajstić information content (AvgIpc) is 3.41. The molecule has 0 amide bonds. The van der Waals surface area contributed by atoms with Gasteiger partial charge in [0.05, 0.1) is 0 Å². The Hall–Kier alpha value is -2.63. The third kappa shape index (κ3) is 62.1. The molecule has 0 aliphatic carbocycles. The minimum absolute atomic E-state index is 0.0782. The van der Waals surface area contributed by atoms with Gasteiger partial charge >= 0.3 is 17.9 Å². The summed E-state index contributed by atoms with van der Waals surface area (Å²) in [4.78, 5) is 38.4. The molecule has 0 aliphatic heterocycles. The van der Waals surface area contributed by atoms with Gasteiger partial charge in [0.1, 0.15) is 13.2 Å². The molecule has 0 spiro atoms. The minimum Gasteiger partial charge on any atom is -0.462 e. The molecule has 0 aromatic heterocycles. The normalized spacial score (nSPS) is 12.3. The van der Waals surface area contributed by atoms with Crippen LogP contribution in [0.25, 0.3) is 0 Å². The lowest BCUT2D eigenvalue weighted by Gasteiger charge is -2.18. The minimum atomic E-state index is -0.784. The van der Waals surface area contributed by atoms with Crippen molar-refractivity contribution < 1.29 is 28.6 Å². The van der Waals surface area contributed by atoms with Crippen LogP contribution >= 0.6 is 0 Å². The van der Waals surface area contributed by atoms with E-state index in [0.717, 1.165) is 96.3 Å². The van der Waals surface area contributed by atoms with E-state index < -0.39 is 6.10 Å². The Morgan fingerprint density at radius 1 is 0.280 bits per heavy atom. The number of ether oxygens (including phenoxy) is 3. The van der Waals surface area contributed by atoms with E-state index in [1.807, 2.05) is 0 Å². The highest BCUT2D eigenvalue weighted by molar-refractivity contribution is 5.71. The fourth-order valence-electron chi connectivity index (χ4n) is 9.91. The maximum Gasteiger partial charge on any atom is 0.306 e. The van der Waals surface area contributed by atoms with Crippen molar-refractivity contribution in [3.8, 4) is 0 Å². The molecular weight excluding hydrogens is 925 g/mol. The molecule has 0 aromatic carbocycles. The van der Waals surface area contributed by atoms with Crippen LogP contribution in [0, 0.1) is 0 Å². The highest BCUT2D eigenvalue weighted by atomic mass is 16.6. The van der Waals surface area contributed by atoms with Crippen LogP contribution in [0.3, 0.4) is 0 Å². The lowest BCUT2D eigenvalue weighted by Crippen LogP contribution is -2.30. The number of allylic oxidation sites excluding steroid dienone is 8. The Morgan fingerprint density at radius 3 is 0.813 bits per heavy atom. The first-order chi connectivity index (χ1) is 37.0. The lowest BCUT2D eigenvalue weighted by atomic mass is 10.0. The van der Waals surface area contributed by atoms with Gasteiger partial charge in [-0.1, -0.05) is 326 Å². The zero-order valence-electron chi connectivity index (χ0n) is 50.3. The molecule has 438 valence electrons. The smallest absolute Gasteiger partial charge is 0.306 e. The summed E-state index contributed by atoms with van der Waals surface area (Å²) in [5, 5.41) is 0. The van der Waals surface area contributed by atoms with Crippen LogP contribution < -0.4 is 0 Å². The second kappa shape index (κ2) is 63.9. The third-order valence-corrected chi connectivity index (χ3v) is 14.8. The summed E-state index contributed by atoms with van der Waals surface area (Å²) in [6, 6.07) is 0. The summed E-state index contributed by atoms with van der Waals surface area (Å²) in [5.41, 5.74) is 0. The molecule has 75 heavy (non-hydrogen) atoms. The Morgan fingerprint density at radius 2 is 0.520 bits per heavy atom. The average molecular weight is 1050 g/mol. The van der Waals surface area contributed by atoms with Gasteiger partial charge in [0.25, 0.3) is 0 Å². The maximum absolute atomic E-state index is 12.9. The molecule has 0 heterocycles. The molecule has 0 aromatic rings. The van der Waals surface area contributed by atoms with Gasteiger partial charge in [0, 0.05) is 19.3 Å². The van der Waals surface area contributed by atoms with E-state index >= 15 is 0 Å². The van der Waals surface area contributed by atoms with Crippen LogP contribution in [0.5, 0.6) is 0 Å². The van der Waals surface area contributed by atoms with Crippen LogP contribution in [0.15, 0.2) is 48.6 Å². The molecule has 0 radical (unpaired) electrons. The van der Waals surface area contributed by atoms with Crippen molar-refractivity contribution in [2.45, 2.75) is 361 Å². The molecule has 0 fully saturated rings. The van der Waals surface area contributed by atoms with Crippen molar-refractivity contribution in [2.24, 2.45) is 0 Å². The van der Waals surface area contributed by atoms with Crippen molar-refractivity contribution >= 4 is 17.9 Å². The molecule has 0 bridgehead atoms. The zero-order chi connectivity index (χ0) is 54.3. The van der Waals surface area contributed by atoms with E-state index in [9.17, 15) is 14.4 Å². The number of rotatable bonds is 61. The molecule has 0 rings (SSSR count). The van der Waals surface area contributed by atoms with Crippen molar-refractivity contribution in [1.29, 1.82) is 0 Å². The Balaban J connectivity index is 4.31.